The molecule has 0 saturated heterocycles. The molecular formula is C23H32N3O2+. The summed E-state index contributed by atoms with van der Waals surface area (Å²) >= 11 is 0. The number of amides is 2. The van der Waals surface area contributed by atoms with Crippen molar-refractivity contribution in [3.8, 4) is 0 Å². The Hall–Kier alpha value is -2.66. The molecule has 0 aliphatic rings. The van der Waals surface area contributed by atoms with Crippen LogP contribution in [-0.2, 0) is 16.1 Å². The molecule has 28 heavy (non-hydrogen) atoms. The van der Waals surface area contributed by atoms with Crippen LogP contribution in [0.3, 0.4) is 0 Å². The average molecular weight is 383 g/mol. The third-order valence-corrected chi connectivity index (χ3v) is 5.13. The number of nitrogens with zero attached hydrogens (tertiary/aromatic N) is 1. The first-order valence-corrected chi connectivity index (χ1v) is 9.68. The van der Waals surface area contributed by atoms with E-state index >= 15 is 0 Å². The van der Waals surface area contributed by atoms with Gasteiger partial charge in [0.1, 0.15) is 0 Å². The van der Waals surface area contributed by atoms with Crippen LogP contribution in [-0.4, -0.2) is 43.4 Å². The minimum absolute atomic E-state index is 0.0249. The molecule has 5 heteroatoms. The number of likely N-dealkylation sites (N-methyl/N-ethyl adjacent to an activating group) is 2. The number of anilines is 1. The van der Waals surface area contributed by atoms with E-state index in [0.717, 1.165) is 27.3 Å². The summed E-state index contributed by atoms with van der Waals surface area (Å²) in [5.41, 5.74) is 5.23. The smallest absolute Gasteiger partial charge is 0.280 e. The molecule has 0 fully saturated rings. The maximum atomic E-state index is 12.7. The SMILES string of the molecule is Cc1cc(C)c(NC(=O)C[NH+](C)[C@H](C)C(=O)N(C)Cc2ccccc2)c(C)c1. The number of quaternary nitrogens is 1. The highest BCUT2D eigenvalue weighted by atomic mass is 16.2. The van der Waals surface area contributed by atoms with Gasteiger partial charge in [0, 0.05) is 19.3 Å². The summed E-state index contributed by atoms with van der Waals surface area (Å²) in [5.74, 6) is -0.0604. The van der Waals surface area contributed by atoms with Gasteiger partial charge in [0.05, 0.1) is 7.05 Å². The van der Waals surface area contributed by atoms with Crippen LogP contribution in [0.5, 0.6) is 0 Å². The van der Waals surface area contributed by atoms with E-state index in [-0.39, 0.29) is 24.4 Å². The lowest BCUT2D eigenvalue weighted by atomic mass is 10.1. The van der Waals surface area contributed by atoms with E-state index < -0.39 is 0 Å². The van der Waals surface area contributed by atoms with Crippen LogP contribution in [0.1, 0.15) is 29.2 Å². The Balaban J connectivity index is 1.94. The number of carbonyl (C=O) groups is 2. The molecule has 0 aliphatic heterocycles. The summed E-state index contributed by atoms with van der Waals surface area (Å²) in [6.07, 6.45) is 0. The topological polar surface area (TPSA) is 53.9 Å². The summed E-state index contributed by atoms with van der Waals surface area (Å²) in [7, 11) is 3.69. The molecule has 0 bridgehead atoms. The predicted octanol–water partition coefficient (Wildman–Crippen LogP) is 2.11. The van der Waals surface area contributed by atoms with Gasteiger partial charge in [-0.1, -0.05) is 48.0 Å². The van der Waals surface area contributed by atoms with Crippen molar-refractivity contribution >= 4 is 17.5 Å². The lowest BCUT2D eigenvalue weighted by molar-refractivity contribution is -0.886. The van der Waals surface area contributed by atoms with E-state index in [2.05, 4.69) is 17.4 Å². The fourth-order valence-corrected chi connectivity index (χ4v) is 3.44. The first kappa shape index (κ1) is 21.6. The fraction of sp³-hybridized carbons (Fsp3) is 0.391. The molecule has 0 spiro atoms. The predicted molar refractivity (Wildman–Crippen MR) is 113 cm³/mol. The quantitative estimate of drug-likeness (QED) is 0.771. The second-order valence-corrected chi connectivity index (χ2v) is 7.75. The molecular weight excluding hydrogens is 350 g/mol. The van der Waals surface area contributed by atoms with Crippen LogP contribution >= 0.6 is 0 Å². The first-order chi connectivity index (χ1) is 13.2. The molecule has 2 rings (SSSR count). The highest BCUT2D eigenvalue weighted by molar-refractivity contribution is 5.93. The zero-order chi connectivity index (χ0) is 20.8. The van der Waals surface area contributed by atoms with E-state index in [1.165, 1.54) is 5.56 Å². The molecule has 2 atom stereocenters. The highest BCUT2D eigenvalue weighted by Crippen LogP contribution is 2.21. The van der Waals surface area contributed by atoms with Crippen LogP contribution < -0.4 is 10.2 Å². The van der Waals surface area contributed by atoms with E-state index in [0.29, 0.717) is 6.54 Å². The molecule has 0 aromatic heterocycles. The Bertz CT molecular complexity index is 810. The van der Waals surface area contributed by atoms with Gasteiger partial charge in [-0.3, -0.25) is 9.59 Å². The van der Waals surface area contributed by atoms with Gasteiger partial charge in [-0.15, -0.1) is 0 Å². The largest absolute Gasteiger partial charge is 0.336 e. The molecule has 2 aromatic rings. The summed E-state index contributed by atoms with van der Waals surface area (Å²) in [5, 5.41) is 3.01. The van der Waals surface area contributed by atoms with Crippen molar-refractivity contribution < 1.29 is 14.5 Å². The average Bonchev–Trinajstić information content (AvgIpc) is 2.64. The van der Waals surface area contributed by atoms with Crippen molar-refractivity contribution in [2.75, 3.05) is 26.0 Å². The Morgan fingerprint density at radius 1 is 1.07 bits per heavy atom. The van der Waals surface area contributed by atoms with Gasteiger partial charge in [0.15, 0.2) is 12.6 Å². The Kier molecular flexibility index (Phi) is 7.35. The lowest BCUT2D eigenvalue weighted by Crippen LogP contribution is -3.15. The number of nitrogens with one attached hydrogen (secondary N) is 2. The van der Waals surface area contributed by atoms with Gasteiger partial charge in [0.2, 0.25) is 0 Å². The number of hydrogen-bond donors (Lipinski definition) is 2. The Morgan fingerprint density at radius 2 is 1.64 bits per heavy atom. The van der Waals surface area contributed by atoms with Crippen molar-refractivity contribution in [2.24, 2.45) is 0 Å². The number of benzene rings is 2. The normalized spacial score (nSPS) is 12.9. The van der Waals surface area contributed by atoms with E-state index in [1.807, 2.05) is 65.1 Å². The fourth-order valence-electron chi connectivity index (χ4n) is 3.44. The molecule has 5 nitrogen and oxygen atoms in total. The number of aryl methyl sites for hydroxylation is 3. The van der Waals surface area contributed by atoms with Gasteiger partial charge >= 0.3 is 0 Å². The Labute approximate surface area is 168 Å². The second-order valence-electron chi connectivity index (χ2n) is 7.75. The third kappa shape index (κ3) is 5.67. The minimum atomic E-state index is -0.306. The van der Waals surface area contributed by atoms with E-state index in [4.69, 9.17) is 0 Å². The van der Waals surface area contributed by atoms with Crippen LogP contribution in [0.25, 0.3) is 0 Å². The third-order valence-electron chi connectivity index (χ3n) is 5.13. The van der Waals surface area contributed by atoms with Crippen LogP contribution in [0, 0.1) is 20.8 Å². The number of carbonyl (C=O) groups excluding carboxylic acids is 2. The summed E-state index contributed by atoms with van der Waals surface area (Å²) in [4.78, 5) is 27.9. The van der Waals surface area contributed by atoms with Crippen LogP contribution in [0.15, 0.2) is 42.5 Å². The molecule has 0 aliphatic carbocycles. The Morgan fingerprint density at radius 3 is 2.21 bits per heavy atom. The van der Waals surface area contributed by atoms with Gasteiger partial charge in [-0.2, -0.15) is 0 Å². The second kappa shape index (κ2) is 9.51. The molecule has 2 aromatic carbocycles. The van der Waals surface area contributed by atoms with Crippen molar-refractivity contribution in [3.05, 3.63) is 64.7 Å². The molecule has 2 amide bonds. The van der Waals surface area contributed by atoms with Crippen LogP contribution in [0.4, 0.5) is 5.69 Å². The molecule has 0 saturated carbocycles. The van der Waals surface area contributed by atoms with Gasteiger partial charge in [-0.05, 0) is 44.4 Å². The van der Waals surface area contributed by atoms with Crippen molar-refractivity contribution in [1.29, 1.82) is 0 Å². The zero-order valence-electron chi connectivity index (χ0n) is 17.8. The van der Waals surface area contributed by atoms with Crippen molar-refractivity contribution in [3.63, 3.8) is 0 Å². The van der Waals surface area contributed by atoms with Crippen molar-refractivity contribution in [1.82, 2.24) is 4.90 Å². The first-order valence-electron chi connectivity index (χ1n) is 9.68. The van der Waals surface area contributed by atoms with E-state index in [1.54, 1.807) is 11.9 Å². The van der Waals surface area contributed by atoms with Gasteiger partial charge < -0.3 is 15.1 Å². The van der Waals surface area contributed by atoms with Crippen LogP contribution in [0.2, 0.25) is 0 Å². The number of rotatable bonds is 7. The molecule has 2 N–H and O–H groups in total. The molecule has 0 heterocycles. The zero-order valence-corrected chi connectivity index (χ0v) is 17.8. The summed E-state index contributed by atoms with van der Waals surface area (Å²) in [6.45, 7) is 8.70. The minimum Gasteiger partial charge on any atom is -0.336 e. The molecule has 1 unspecified atom stereocenters. The summed E-state index contributed by atoms with van der Waals surface area (Å²) in [6, 6.07) is 13.7. The standard InChI is InChI=1S/C23H31N3O2/c1-16-12-17(2)22(18(3)13-16)24-21(27)15-25(5)19(4)23(28)26(6)14-20-10-8-7-9-11-20/h7-13,19H,14-15H2,1-6H3,(H,24,27)/p+1/t19-/m1/s1. The number of hydrogen-bond acceptors (Lipinski definition) is 2. The molecule has 0 radical (unpaired) electrons. The van der Waals surface area contributed by atoms with E-state index in [9.17, 15) is 9.59 Å². The summed E-state index contributed by atoms with van der Waals surface area (Å²) < 4.78 is 0. The maximum absolute atomic E-state index is 12.7. The van der Waals surface area contributed by atoms with Crippen molar-refractivity contribution in [2.45, 2.75) is 40.3 Å². The van der Waals surface area contributed by atoms with Gasteiger partial charge in [-0.25, -0.2) is 0 Å². The maximum Gasteiger partial charge on any atom is 0.280 e. The lowest BCUT2D eigenvalue weighted by Gasteiger charge is -2.25. The monoisotopic (exact) mass is 382 g/mol. The highest BCUT2D eigenvalue weighted by Gasteiger charge is 2.27. The van der Waals surface area contributed by atoms with Gasteiger partial charge in [0.25, 0.3) is 11.8 Å². The molecule has 150 valence electrons.